The fourth-order valence-corrected chi connectivity index (χ4v) is 11.5. The predicted octanol–water partition coefficient (Wildman–Crippen LogP) is -3.71. The van der Waals surface area contributed by atoms with Crippen molar-refractivity contribution in [2.75, 3.05) is 44.7 Å². The molecule has 0 aliphatic carbocycles. The number of amides is 13. The van der Waals surface area contributed by atoms with Gasteiger partial charge in [-0.2, -0.15) is 11.8 Å². The summed E-state index contributed by atoms with van der Waals surface area (Å²) < 4.78 is 0. The van der Waals surface area contributed by atoms with Crippen molar-refractivity contribution in [3.05, 3.63) is 71.8 Å². The van der Waals surface area contributed by atoms with Gasteiger partial charge in [-0.3, -0.25) is 67.3 Å². The Morgan fingerprint density at radius 1 is 0.537 bits per heavy atom. The number of hydrogen-bond donors (Lipinski definition) is 15. The molecule has 2 fully saturated rings. The second-order valence-electron chi connectivity index (χ2n) is 24.1. The summed E-state index contributed by atoms with van der Waals surface area (Å²) in [6, 6.07) is 4.51. The maximum atomic E-state index is 14.7. The molecule has 10 atom stereocenters. The van der Waals surface area contributed by atoms with Gasteiger partial charge in [0, 0.05) is 45.3 Å². The lowest BCUT2D eigenvalue weighted by Crippen LogP contribution is -2.60. The Kier molecular flexibility index (Phi) is 33.9. The van der Waals surface area contributed by atoms with Crippen LogP contribution in [0.4, 0.5) is 0 Å². The molecule has 524 valence electrons. The van der Waals surface area contributed by atoms with Crippen LogP contribution < -0.4 is 82.7 Å². The van der Waals surface area contributed by atoms with Crippen LogP contribution in [0.3, 0.4) is 0 Å². The number of aliphatic imine (C=N–C) groups is 1. The highest BCUT2D eigenvalue weighted by Crippen LogP contribution is 2.24. The van der Waals surface area contributed by atoms with Gasteiger partial charge < -0.3 is 92.5 Å². The summed E-state index contributed by atoms with van der Waals surface area (Å²) in [7, 11) is 0. The van der Waals surface area contributed by atoms with Crippen LogP contribution in [0.2, 0.25) is 0 Å². The number of carbonyl (C=O) groups is 13. The fourth-order valence-electron chi connectivity index (χ4n) is 11.0. The van der Waals surface area contributed by atoms with Crippen molar-refractivity contribution in [1.29, 1.82) is 0 Å². The topological polar surface area (TPSA) is 519 Å². The van der Waals surface area contributed by atoms with E-state index in [4.69, 9.17) is 40.1 Å². The molecule has 2 aromatic rings. The number of rotatable bonds is 42. The molecule has 0 unspecified atom stereocenters. The summed E-state index contributed by atoms with van der Waals surface area (Å²) in [5.41, 5.74) is 40.6. The van der Waals surface area contributed by atoms with Gasteiger partial charge in [0.15, 0.2) is 5.96 Å². The summed E-state index contributed by atoms with van der Waals surface area (Å²) in [5, 5.41) is 21.1. The van der Waals surface area contributed by atoms with E-state index in [-0.39, 0.29) is 83.0 Å². The molecular weight excluding hydrogens is 1250 g/mol. The van der Waals surface area contributed by atoms with Crippen molar-refractivity contribution < 1.29 is 62.3 Å². The van der Waals surface area contributed by atoms with Gasteiger partial charge in [0.2, 0.25) is 76.8 Å². The smallest absolute Gasteiger partial charge is 0.245 e. The second kappa shape index (κ2) is 41.0. The van der Waals surface area contributed by atoms with Gasteiger partial charge in [-0.1, -0.05) is 74.5 Å². The Morgan fingerprint density at radius 2 is 1.01 bits per heavy atom. The first-order valence-corrected chi connectivity index (χ1v) is 33.6. The monoisotopic (exact) mass is 1350 g/mol. The summed E-state index contributed by atoms with van der Waals surface area (Å²) in [5.74, 6) is -9.80. The average molecular weight is 1350 g/mol. The Balaban J connectivity index is 1.56. The van der Waals surface area contributed by atoms with Crippen LogP contribution in [0.25, 0.3) is 0 Å². The number of benzene rings is 2. The van der Waals surface area contributed by atoms with Crippen molar-refractivity contribution in [1.82, 2.24) is 52.3 Å². The Morgan fingerprint density at radius 3 is 1.51 bits per heavy atom. The zero-order valence-electron chi connectivity index (χ0n) is 54.5. The molecule has 2 aromatic carbocycles. The van der Waals surface area contributed by atoms with E-state index >= 15 is 0 Å². The van der Waals surface area contributed by atoms with Crippen LogP contribution in [-0.4, -0.2) is 198 Å². The minimum atomic E-state index is -1.64. The molecule has 4 rings (SSSR count). The van der Waals surface area contributed by atoms with E-state index in [0.29, 0.717) is 55.4 Å². The number of nitrogens with zero attached hydrogens (tertiary/aromatic N) is 3. The zero-order valence-corrected chi connectivity index (χ0v) is 55.3. The molecule has 0 saturated carbocycles. The third kappa shape index (κ3) is 27.5. The van der Waals surface area contributed by atoms with Gasteiger partial charge in [0.05, 0.1) is 12.6 Å². The Bertz CT molecular complexity index is 2960. The SMILES string of the molecule is CSCC[C@H](NC(=O)[C@@H](CC(C)C)NC(=O)CNC(=O)[C@H](Cc1ccccc1)NC(=O)[C@@H](Cc1ccccc1)NC(=O)[C@H](CCC(N)=O)NC(=O)[C@@H](CCC(N)=O)NC(=O)[C@@H]1CCCN1C(=O)[C@H](CCCCN)NC(=O)[C@H]1CCCN1C(=O)[C@H](N)CCCN=C(N)N)C(N)=O. The molecule has 32 heteroatoms. The second-order valence-corrected chi connectivity index (χ2v) is 25.1. The molecule has 2 saturated heterocycles. The molecule has 13 amide bonds. The van der Waals surface area contributed by atoms with E-state index in [2.05, 4.69) is 47.5 Å². The predicted molar refractivity (Wildman–Crippen MR) is 356 cm³/mol. The molecule has 31 nitrogen and oxygen atoms in total. The lowest BCUT2D eigenvalue weighted by Gasteiger charge is -2.32. The first-order chi connectivity index (χ1) is 45.2. The van der Waals surface area contributed by atoms with E-state index < -0.39 is 169 Å². The largest absolute Gasteiger partial charge is 0.370 e. The van der Waals surface area contributed by atoms with E-state index in [1.165, 1.54) is 21.6 Å². The van der Waals surface area contributed by atoms with Crippen LogP contribution in [-0.2, 0) is 75.2 Å². The van der Waals surface area contributed by atoms with Gasteiger partial charge >= 0.3 is 0 Å². The van der Waals surface area contributed by atoms with E-state index in [0.717, 1.165) is 0 Å². The van der Waals surface area contributed by atoms with Crippen LogP contribution in [0.5, 0.6) is 0 Å². The lowest BCUT2D eigenvalue weighted by atomic mass is 10.0. The molecule has 0 radical (unpaired) electrons. The quantitative estimate of drug-likeness (QED) is 0.0173. The first-order valence-electron chi connectivity index (χ1n) is 32.2. The van der Waals surface area contributed by atoms with Crippen molar-refractivity contribution in [2.45, 2.75) is 183 Å². The molecular formula is C63H98N18O13S. The standard InChI is InChI=1S/C63H98N18O13S/c1-37(2)33-45(57(89)74-41(53(68)85)27-32-95-3)73-52(84)36-72-54(86)46(34-38-15-6-4-7-16-38)78-58(90)47(35-39-17-8-5-9-18-39)79-56(88)42(23-25-50(66)82)75-55(87)43(24-26-51(67)83)76-59(91)49-22-14-31-81(49)62(94)44(20-10-11-28-64)77-60(92)48-21-13-30-80(48)61(93)40(65)19-12-29-71-63(69)70/h4-9,15-18,37,40-49H,10-14,19-36,64-65H2,1-3H3,(H2,66,82)(H2,67,83)(H2,68,85)(H,72,86)(H,73,84)(H,74,89)(H,75,87)(H,76,91)(H,77,92)(H,78,90)(H,79,88)(H4,69,70,71)/t40-,41+,42+,43-,44+,45-,46+,47-,48-,49+/m1/s1. The Labute approximate surface area is 558 Å². The van der Waals surface area contributed by atoms with Crippen molar-refractivity contribution in [2.24, 2.45) is 51.0 Å². The van der Waals surface area contributed by atoms with Gasteiger partial charge in [-0.25, -0.2) is 0 Å². The van der Waals surface area contributed by atoms with Gasteiger partial charge in [0.1, 0.15) is 54.4 Å². The maximum Gasteiger partial charge on any atom is 0.245 e. The Hall–Kier alpha value is -8.91. The average Bonchev–Trinajstić information content (AvgIpc) is 1.74. The third-order valence-electron chi connectivity index (χ3n) is 16.0. The summed E-state index contributed by atoms with van der Waals surface area (Å²) in [4.78, 5) is 185. The minimum absolute atomic E-state index is 0.0736. The number of nitrogens with two attached hydrogens (primary N) is 7. The maximum absolute atomic E-state index is 14.7. The zero-order chi connectivity index (χ0) is 70.1. The number of carbonyl (C=O) groups excluding carboxylic acids is 13. The number of unbranched alkanes of at least 4 members (excludes halogenated alkanes) is 1. The number of guanidine groups is 1. The lowest BCUT2D eigenvalue weighted by molar-refractivity contribution is -0.144. The normalized spacial score (nSPS) is 16.8. The highest BCUT2D eigenvalue weighted by atomic mass is 32.2. The highest BCUT2D eigenvalue weighted by Gasteiger charge is 2.42. The molecule has 95 heavy (non-hydrogen) atoms. The van der Waals surface area contributed by atoms with Gasteiger partial charge in [-0.05, 0) is 119 Å². The van der Waals surface area contributed by atoms with Crippen molar-refractivity contribution >= 4 is 94.5 Å². The van der Waals surface area contributed by atoms with E-state index in [1.807, 2.05) is 20.1 Å². The van der Waals surface area contributed by atoms with E-state index in [1.54, 1.807) is 60.7 Å². The fraction of sp³-hybridized carbons (Fsp3) is 0.587. The van der Waals surface area contributed by atoms with Crippen molar-refractivity contribution in [3.63, 3.8) is 0 Å². The molecule has 2 heterocycles. The molecule has 0 bridgehead atoms. The minimum Gasteiger partial charge on any atom is -0.370 e. The third-order valence-corrected chi connectivity index (χ3v) is 16.7. The van der Waals surface area contributed by atoms with E-state index in [9.17, 15) is 62.3 Å². The summed E-state index contributed by atoms with van der Waals surface area (Å²) >= 11 is 1.45. The van der Waals surface area contributed by atoms with Crippen molar-refractivity contribution in [3.8, 4) is 0 Å². The number of primary amides is 3. The number of nitrogens with one attached hydrogen (secondary N) is 8. The number of thioether (sulfide) groups is 1. The molecule has 2 aliphatic heterocycles. The van der Waals surface area contributed by atoms with Crippen LogP contribution >= 0.6 is 11.8 Å². The van der Waals surface area contributed by atoms with Crippen LogP contribution in [0, 0.1) is 5.92 Å². The van der Waals surface area contributed by atoms with Gasteiger partial charge in [0.25, 0.3) is 0 Å². The molecule has 22 N–H and O–H groups in total. The summed E-state index contributed by atoms with van der Waals surface area (Å²) in [6.45, 7) is 3.86. The number of likely N-dealkylation sites (tertiary alicyclic amines) is 2. The summed E-state index contributed by atoms with van der Waals surface area (Å²) in [6.07, 6.45) is 3.12. The molecule has 0 spiro atoms. The first kappa shape index (κ1) is 78.5. The highest BCUT2D eigenvalue weighted by molar-refractivity contribution is 7.98. The van der Waals surface area contributed by atoms with Crippen LogP contribution in [0.15, 0.2) is 65.7 Å². The molecule has 0 aromatic heterocycles. The van der Waals surface area contributed by atoms with Gasteiger partial charge in [-0.15, -0.1) is 0 Å². The number of hydrogen-bond acceptors (Lipinski definition) is 17. The van der Waals surface area contributed by atoms with Crippen LogP contribution in [0.1, 0.15) is 121 Å². The molecule has 2 aliphatic rings.